The minimum atomic E-state index is -3.77. The Hall–Kier alpha value is -2.39. The molecule has 2 amide bonds. The van der Waals surface area contributed by atoms with Gasteiger partial charge >= 0.3 is 0 Å². The van der Waals surface area contributed by atoms with Crippen LogP contribution in [0.5, 0.6) is 0 Å². The summed E-state index contributed by atoms with van der Waals surface area (Å²) in [4.78, 5) is 28.0. The zero-order valence-electron chi connectivity index (χ0n) is 20.8. The van der Waals surface area contributed by atoms with Crippen LogP contribution in [0.15, 0.2) is 46.9 Å². The molecule has 2 rings (SSSR count). The lowest BCUT2D eigenvalue weighted by molar-refractivity contribution is -0.140. The summed E-state index contributed by atoms with van der Waals surface area (Å²) < 4.78 is 27.5. The smallest absolute Gasteiger partial charge is 0.244 e. The number of halogens is 1. The number of carbonyl (C=O) groups excluding carboxylic acids is 2. The van der Waals surface area contributed by atoms with Gasteiger partial charge in [-0.2, -0.15) is 0 Å². The number of benzene rings is 2. The Labute approximate surface area is 211 Å². The normalized spacial score (nSPS) is 12.7. The predicted molar refractivity (Wildman–Crippen MR) is 140 cm³/mol. The third kappa shape index (κ3) is 7.56. The summed E-state index contributed by atoms with van der Waals surface area (Å²) in [6.45, 7) is 10.6. The second-order valence-electron chi connectivity index (χ2n) is 9.57. The van der Waals surface area contributed by atoms with Crippen molar-refractivity contribution in [1.29, 1.82) is 0 Å². The lowest BCUT2D eigenvalue weighted by Crippen LogP contribution is -2.54. The van der Waals surface area contributed by atoms with Gasteiger partial charge in [0.25, 0.3) is 0 Å². The maximum atomic E-state index is 13.6. The van der Waals surface area contributed by atoms with Crippen molar-refractivity contribution in [1.82, 2.24) is 10.2 Å². The second kappa shape index (κ2) is 10.9. The third-order valence-electron chi connectivity index (χ3n) is 5.30. The van der Waals surface area contributed by atoms with Crippen LogP contribution in [0.3, 0.4) is 0 Å². The maximum Gasteiger partial charge on any atom is 0.244 e. The van der Waals surface area contributed by atoms with Crippen LogP contribution >= 0.6 is 15.9 Å². The quantitative estimate of drug-likeness (QED) is 0.533. The highest BCUT2D eigenvalue weighted by molar-refractivity contribution is 9.10. The van der Waals surface area contributed by atoms with Gasteiger partial charge in [0, 0.05) is 16.6 Å². The Morgan fingerprint density at radius 1 is 1.03 bits per heavy atom. The molecule has 0 fully saturated rings. The van der Waals surface area contributed by atoms with Gasteiger partial charge in [0.15, 0.2) is 0 Å². The minimum absolute atomic E-state index is 0.162. The topological polar surface area (TPSA) is 86.8 Å². The largest absolute Gasteiger partial charge is 0.350 e. The van der Waals surface area contributed by atoms with Crippen LogP contribution in [-0.4, -0.2) is 49.5 Å². The molecule has 7 nitrogen and oxygen atoms in total. The first-order valence-corrected chi connectivity index (χ1v) is 13.6. The number of hydrogen-bond donors (Lipinski definition) is 1. The van der Waals surface area contributed by atoms with E-state index < -0.39 is 34.1 Å². The van der Waals surface area contributed by atoms with Gasteiger partial charge in [0.2, 0.25) is 21.8 Å². The first kappa shape index (κ1) is 27.9. The zero-order chi connectivity index (χ0) is 25.8. The third-order valence-corrected chi connectivity index (χ3v) is 6.94. The maximum absolute atomic E-state index is 13.6. The van der Waals surface area contributed by atoms with Gasteiger partial charge in [-0.05, 0) is 70.4 Å². The van der Waals surface area contributed by atoms with Crippen LogP contribution in [0.2, 0.25) is 0 Å². The van der Waals surface area contributed by atoms with Crippen molar-refractivity contribution >= 4 is 43.5 Å². The van der Waals surface area contributed by atoms with Gasteiger partial charge in [0.05, 0.1) is 11.9 Å². The molecular formula is C25H34BrN3O4S. The molecule has 0 radical (unpaired) electrons. The molecule has 0 heterocycles. The fourth-order valence-corrected chi connectivity index (χ4v) is 4.85. The van der Waals surface area contributed by atoms with E-state index in [0.717, 1.165) is 31.7 Å². The number of nitrogens with zero attached hydrogens (tertiary/aromatic N) is 2. The fraction of sp³-hybridized carbons (Fsp3) is 0.440. The van der Waals surface area contributed by atoms with E-state index in [-0.39, 0.29) is 12.5 Å². The second-order valence-corrected chi connectivity index (χ2v) is 12.4. The van der Waals surface area contributed by atoms with Crippen molar-refractivity contribution in [2.24, 2.45) is 0 Å². The van der Waals surface area contributed by atoms with Gasteiger partial charge in [-0.1, -0.05) is 46.3 Å². The number of carbonyl (C=O) groups is 2. The highest BCUT2D eigenvalue weighted by atomic mass is 79.9. The van der Waals surface area contributed by atoms with E-state index in [0.29, 0.717) is 5.69 Å². The Morgan fingerprint density at radius 3 is 2.03 bits per heavy atom. The zero-order valence-corrected chi connectivity index (χ0v) is 23.2. The first-order valence-electron chi connectivity index (χ1n) is 11.0. The summed E-state index contributed by atoms with van der Waals surface area (Å²) in [6.07, 6.45) is 1.08. The summed E-state index contributed by atoms with van der Waals surface area (Å²) in [5.41, 5.74) is 2.32. The average molecular weight is 553 g/mol. The number of anilines is 1. The van der Waals surface area contributed by atoms with Crippen LogP contribution in [-0.2, 0) is 26.2 Å². The van der Waals surface area contributed by atoms with Crippen LogP contribution in [0.25, 0.3) is 0 Å². The van der Waals surface area contributed by atoms with E-state index in [9.17, 15) is 18.0 Å². The molecule has 2 aromatic carbocycles. The van der Waals surface area contributed by atoms with Crippen molar-refractivity contribution in [3.05, 3.63) is 63.6 Å². The summed E-state index contributed by atoms with van der Waals surface area (Å²) in [5, 5.41) is 2.91. The van der Waals surface area contributed by atoms with Gasteiger partial charge in [-0.3, -0.25) is 13.9 Å². The molecule has 0 saturated heterocycles. The molecule has 1 atom stereocenters. The highest BCUT2D eigenvalue weighted by Crippen LogP contribution is 2.27. The monoisotopic (exact) mass is 551 g/mol. The molecule has 0 aliphatic heterocycles. The Bertz CT molecular complexity index is 1120. The van der Waals surface area contributed by atoms with Gasteiger partial charge in [-0.15, -0.1) is 0 Å². The number of hydrogen-bond acceptors (Lipinski definition) is 4. The molecule has 2 aromatic rings. The number of nitrogens with one attached hydrogen (secondary N) is 1. The standard InChI is InChI=1S/C25H34BrN3O4S/c1-17-9-8-10-18(2)23(17)29(34(7,32)33)16-22(30)28(15-20-11-13-21(26)14-12-20)19(3)24(31)27-25(4,5)6/h8-14,19H,15-16H2,1-7H3,(H,27,31)/t19-/m0/s1. The lowest BCUT2D eigenvalue weighted by atomic mass is 10.1. The van der Waals surface area contributed by atoms with Gasteiger partial charge in [0.1, 0.15) is 12.6 Å². The van der Waals surface area contributed by atoms with Crippen molar-refractivity contribution in [2.45, 2.75) is 59.7 Å². The SMILES string of the molecule is Cc1cccc(C)c1N(CC(=O)N(Cc1ccc(Br)cc1)[C@@H](C)C(=O)NC(C)(C)C)S(C)(=O)=O. The summed E-state index contributed by atoms with van der Waals surface area (Å²) in [7, 11) is -3.77. The van der Waals surface area contributed by atoms with Crippen LogP contribution in [0, 0.1) is 13.8 Å². The van der Waals surface area contributed by atoms with Gasteiger partial charge < -0.3 is 10.2 Å². The van der Waals surface area contributed by atoms with Gasteiger partial charge in [-0.25, -0.2) is 8.42 Å². The molecule has 0 aliphatic carbocycles. The van der Waals surface area contributed by atoms with Crippen LogP contribution in [0.4, 0.5) is 5.69 Å². The van der Waals surface area contributed by atoms with E-state index in [4.69, 9.17) is 0 Å². The molecule has 0 spiro atoms. The molecule has 0 aromatic heterocycles. The number of aryl methyl sites for hydroxylation is 2. The van der Waals surface area contributed by atoms with E-state index in [1.807, 2.05) is 77.1 Å². The lowest BCUT2D eigenvalue weighted by Gasteiger charge is -2.33. The predicted octanol–water partition coefficient (Wildman–Crippen LogP) is 4.16. The molecule has 0 saturated carbocycles. The van der Waals surface area contributed by atoms with Crippen molar-refractivity contribution in [3.63, 3.8) is 0 Å². The number of amides is 2. The fourth-order valence-electron chi connectivity index (χ4n) is 3.62. The summed E-state index contributed by atoms with van der Waals surface area (Å²) in [6, 6.07) is 12.1. The Morgan fingerprint density at radius 2 is 1.56 bits per heavy atom. The van der Waals surface area contributed by atoms with E-state index in [1.165, 1.54) is 4.90 Å². The minimum Gasteiger partial charge on any atom is -0.350 e. The molecule has 0 bridgehead atoms. The Balaban J connectivity index is 2.45. The molecule has 1 N–H and O–H groups in total. The van der Waals surface area contributed by atoms with Crippen LogP contribution in [0.1, 0.15) is 44.4 Å². The van der Waals surface area contributed by atoms with E-state index in [1.54, 1.807) is 6.92 Å². The van der Waals surface area contributed by atoms with Crippen molar-refractivity contribution < 1.29 is 18.0 Å². The van der Waals surface area contributed by atoms with Crippen LogP contribution < -0.4 is 9.62 Å². The number of rotatable bonds is 8. The summed E-state index contributed by atoms with van der Waals surface area (Å²) in [5.74, 6) is -0.775. The number of sulfonamides is 1. The molecular weight excluding hydrogens is 518 g/mol. The molecule has 0 aliphatic rings. The van der Waals surface area contributed by atoms with E-state index in [2.05, 4.69) is 21.2 Å². The average Bonchev–Trinajstić information content (AvgIpc) is 2.69. The molecule has 9 heteroatoms. The Kier molecular flexibility index (Phi) is 8.93. The highest BCUT2D eigenvalue weighted by Gasteiger charge is 2.32. The molecule has 186 valence electrons. The van der Waals surface area contributed by atoms with E-state index >= 15 is 0 Å². The molecule has 34 heavy (non-hydrogen) atoms. The van der Waals surface area contributed by atoms with Crippen molar-refractivity contribution in [2.75, 3.05) is 17.1 Å². The first-order chi connectivity index (χ1) is 15.6. The summed E-state index contributed by atoms with van der Waals surface area (Å²) >= 11 is 3.40. The number of para-hydroxylation sites is 1. The van der Waals surface area contributed by atoms with Crippen molar-refractivity contribution in [3.8, 4) is 0 Å². The molecule has 0 unspecified atom stereocenters.